The van der Waals surface area contributed by atoms with Gasteiger partial charge in [-0.25, -0.2) is 10.9 Å². The molecule has 1 heterocycles. The van der Waals surface area contributed by atoms with Gasteiger partial charge in [0.1, 0.15) is 6.04 Å². The van der Waals surface area contributed by atoms with E-state index in [1.807, 2.05) is 19.1 Å². The smallest absolute Gasteiger partial charge is 0.258 e. The largest absolute Gasteiger partial charge is 0.271 e. The molecule has 2 rings (SSSR count). The number of hydrogen-bond acceptors (Lipinski definition) is 4. The molecule has 0 aliphatic carbocycles. The summed E-state index contributed by atoms with van der Waals surface area (Å²) in [5.41, 5.74) is 10.8. The van der Waals surface area contributed by atoms with Crippen LogP contribution < -0.4 is 16.3 Å². The van der Waals surface area contributed by atoms with Crippen molar-refractivity contribution in [2.45, 2.75) is 45.2 Å². The Labute approximate surface area is 119 Å². The second-order valence-electron chi connectivity index (χ2n) is 5.53. The van der Waals surface area contributed by atoms with Crippen LogP contribution in [-0.4, -0.2) is 24.2 Å². The lowest BCUT2D eigenvalue weighted by Gasteiger charge is -2.06. The lowest BCUT2D eigenvalue weighted by Crippen LogP contribution is -2.41. The SMILES string of the molecule is CC1CC(C(=O)N/N=C/c2ccc(C(C)C)cc2)NN1. The molecule has 0 aromatic heterocycles. The molecule has 1 saturated heterocycles. The Morgan fingerprint density at radius 3 is 2.60 bits per heavy atom. The topological polar surface area (TPSA) is 65.5 Å². The number of hydrogen-bond donors (Lipinski definition) is 3. The minimum Gasteiger partial charge on any atom is -0.271 e. The first-order chi connectivity index (χ1) is 9.56. The van der Waals surface area contributed by atoms with Gasteiger partial charge in [-0.3, -0.25) is 10.2 Å². The normalized spacial score (nSPS) is 22.6. The molecule has 1 aromatic rings. The van der Waals surface area contributed by atoms with Crippen LogP contribution in [-0.2, 0) is 4.79 Å². The van der Waals surface area contributed by atoms with Crippen molar-refractivity contribution in [3.8, 4) is 0 Å². The van der Waals surface area contributed by atoms with Crippen LogP contribution in [0.4, 0.5) is 0 Å². The maximum absolute atomic E-state index is 11.8. The molecule has 1 aliphatic heterocycles. The number of amides is 1. The fourth-order valence-electron chi connectivity index (χ4n) is 2.10. The van der Waals surface area contributed by atoms with E-state index in [4.69, 9.17) is 0 Å². The van der Waals surface area contributed by atoms with Gasteiger partial charge in [0.15, 0.2) is 0 Å². The third-order valence-electron chi connectivity index (χ3n) is 3.40. The van der Waals surface area contributed by atoms with Crippen molar-refractivity contribution in [1.82, 2.24) is 16.3 Å². The van der Waals surface area contributed by atoms with Crippen molar-refractivity contribution in [1.29, 1.82) is 0 Å². The third kappa shape index (κ3) is 3.88. The van der Waals surface area contributed by atoms with Crippen LogP contribution >= 0.6 is 0 Å². The standard InChI is InChI=1S/C15H22N4O/c1-10(2)13-6-4-12(5-7-13)9-16-19-15(20)14-8-11(3)17-18-14/h4-7,9-11,14,17-18H,8H2,1-3H3,(H,19,20)/b16-9+. The van der Waals surface area contributed by atoms with Crippen LogP contribution in [0, 0.1) is 0 Å². The van der Waals surface area contributed by atoms with E-state index in [1.165, 1.54) is 5.56 Å². The zero-order valence-corrected chi connectivity index (χ0v) is 12.2. The van der Waals surface area contributed by atoms with Gasteiger partial charge >= 0.3 is 0 Å². The van der Waals surface area contributed by atoms with Crippen molar-refractivity contribution < 1.29 is 4.79 Å². The minimum atomic E-state index is -0.217. The number of nitrogens with one attached hydrogen (secondary N) is 3. The van der Waals surface area contributed by atoms with Gasteiger partial charge in [0, 0.05) is 6.04 Å². The summed E-state index contributed by atoms with van der Waals surface area (Å²) in [5, 5.41) is 3.99. The highest BCUT2D eigenvalue weighted by Gasteiger charge is 2.26. The minimum absolute atomic E-state index is 0.114. The van der Waals surface area contributed by atoms with Crippen LogP contribution in [0.2, 0.25) is 0 Å². The Morgan fingerprint density at radius 1 is 1.35 bits per heavy atom. The molecule has 0 bridgehead atoms. The highest BCUT2D eigenvalue weighted by Crippen LogP contribution is 2.13. The summed E-state index contributed by atoms with van der Waals surface area (Å²) in [7, 11) is 0. The van der Waals surface area contributed by atoms with E-state index in [0.717, 1.165) is 12.0 Å². The fourth-order valence-corrected chi connectivity index (χ4v) is 2.10. The second kappa shape index (κ2) is 6.63. The number of nitrogens with zero attached hydrogens (tertiary/aromatic N) is 1. The molecule has 1 aliphatic rings. The number of rotatable bonds is 4. The maximum atomic E-state index is 11.8. The van der Waals surface area contributed by atoms with E-state index in [1.54, 1.807) is 6.21 Å². The number of hydrazine groups is 1. The van der Waals surface area contributed by atoms with Gasteiger partial charge in [-0.1, -0.05) is 38.1 Å². The fraction of sp³-hybridized carbons (Fsp3) is 0.467. The monoisotopic (exact) mass is 274 g/mol. The van der Waals surface area contributed by atoms with Crippen molar-refractivity contribution >= 4 is 12.1 Å². The summed E-state index contributed by atoms with van der Waals surface area (Å²) in [6.07, 6.45) is 2.43. The van der Waals surface area contributed by atoms with Crippen molar-refractivity contribution in [3.05, 3.63) is 35.4 Å². The molecule has 0 saturated carbocycles. The quantitative estimate of drug-likeness (QED) is 0.576. The predicted octanol–water partition coefficient (Wildman–Crippen LogP) is 1.52. The van der Waals surface area contributed by atoms with Gasteiger partial charge in [-0.05, 0) is 30.4 Å². The average Bonchev–Trinajstić information content (AvgIpc) is 2.86. The van der Waals surface area contributed by atoms with E-state index in [9.17, 15) is 4.79 Å². The number of hydrazone groups is 1. The number of carbonyl (C=O) groups excluding carboxylic acids is 1. The van der Waals surface area contributed by atoms with Gasteiger partial charge in [-0.2, -0.15) is 5.10 Å². The van der Waals surface area contributed by atoms with Gasteiger partial charge in [0.05, 0.1) is 6.21 Å². The van der Waals surface area contributed by atoms with Gasteiger partial charge in [0.25, 0.3) is 5.91 Å². The Bertz CT molecular complexity index is 481. The van der Waals surface area contributed by atoms with Gasteiger partial charge in [0.2, 0.25) is 0 Å². The number of benzene rings is 1. The van der Waals surface area contributed by atoms with Gasteiger partial charge in [-0.15, -0.1) is 0 Å². The number of carbonyl (C=O) groups is 1. The second-order valence-corrected chi connectivity index (χ2v) is 5.53. The predicted molar refractivity (Wildman–Crippen MR) is 80.4 cm³/mol. The van der Waals surface area contributed by atoms with Crippen LogP contribution in [0.3, 0.4) is 0 Å². The molecule has 3 N–H and O–H groups in total. The molecule has 2 atom stereocenters. The lowest BCUT2D eigenvalue weighted by molar-refractivity contribution is -0.122. The summed E-state index contributed by atoms with van der Waals surface area (Å²) in [4.78, 5) is 11.8. The van der Waals surface area contributed by atoms with Crippen molar-refractivity contribution in [2.75, 3.05) is 0 Å². The Morgan fingerprint density at radius 2 is 2.05 bits per heavy atom. The van der Waals surface area contributed by atoms with Crippen LogP contribution in [0.1, 0.15) is 44.2 Å². The Hall–Kier alpha value is -1.72. The molecule has 0 spiro atoms. The first-order valence-electron chi connectivity index (χ1n) is 7.00. The van der Waals surface area contributed by atoms with Crippen LogP contribution in [0.15, 0.2) is 29.4 Å². The molecular weight excluding hydrogens is 252 g/mol. The molecule has 5 nitrogen and oxygen atoms in total. The molecule has 1 amide bonds. The highest BCUT2D eigenvalue weighted by atomic mass is 16.2. The molecular formula is C15H22N4O. The van der Waals surface area contributed by atoms with E-state index >= 15 is 0 Å². The van der Waals surface area contributed by atoms with E-state index in [2.05, 4.69) is 47.4 Å². The van der Waals surface area contributed by atoms with Crippen LogP contribution in [0.25, 0.3) is 0 Å². The molecule has 1 fully saturated rings. The molecule has 20 heavy (non-hydrogen) atoms. The Balaban J connectivity index is 1.85. The molecule has 1 aromatic carbocycles. The van der Waals surface area contributed by atoms with E-state index in [-0.39, 0.29) is 11.9 Å². The van der Waals surface area contributed by atoms with Gasteiger partial charge < -0.3 is 0 Å². The average molecular weight is 274 g/mol. The van der Waals surface area contributed by atoms with Crippen molar-refractivity contribution in [3.63, 3.8) is 0 Å². The third-order valence-corrected chi connectivity index (χ3v) is 3.40. The summed E-state index contributed by atoms with van der Waals surface area (Å²) < 4.78 is 0. The maximum Gasteiger partial charge on any atom is 0.258 e. The lowest BCUT2D eigenvalue weighted by atomic mass is 10.0. The highest BCUT2D eigenvalue weighted by molar-refractivity contribution is 5.85. The van der Waals surface area contributed by atoms with Crippen LogP contribution in [0.5, 0.6) is 0 Å². The molecule has 2 unspecified atom stereocenters. The molecule has 5 heteroatoms. The first-order valence-corrected chi connectivity index (χ1v) is 7.00. The summed E-state index contributed by atoms with van der Waals surface area (Å²) >= 11 is 0. The van der Waals surface area contributed by atoms with Crippen molar-refractivity contribution in [2.24, 2.45) is 5.10 Å². The summed E-state index contributed by atoms with van der Waals surface area (Å²) in [6.45, 7) is 6.35. The zero-order chi connectivity index (χ0) is 14.5. The van der Waals surface area contributed by atoms with E-state index < -0.39 is 0 Å². The Kier molecular flexibility index (Phi) is 4.87. The molecule has 0 radical (unpaired) electrons. The first kappa shape index (κ1) is 14.7. The van der Waals surface area contributed by atoms with E-state index in [0.29, 0.717) is 12.0 Å². The summed E-state index contributed by atoms with van der Waals surface area (Å²) in [5.74, 6) is 0.403. The molecule has 108 valence electrons. The summed E-state index contributed by atoms with van der Waals surface area (Å²) in [6, 6.07) is 8.25. The zero-order valence-electron chi connectivity index (χ0n) is 12.2.